The first-order valence-electron chi connectivity index (χ1n) is 8.96. The van der Waals surface area contributed by atoms with Crippen LogP contribution in [-0.4, -0.2) is 18.0 Å². The van der Waals surface area contributed by atoms with Gasteiger partial charge in [-0.3, -0.25) is 4.79 Å². The van der Waals surface area contributed by atoms with E-state index in [9.17, 15) is 9.59 Å². The second-order valence-electron chi connectivity index (χ2n) is 6.75. The number of nitrogens with one attached hydrogen (secondary N) is 3. The summed E-state index contributed by atoms with van der Waals surface area (Å²) in [4.78, 5) is 23.8. The van der Waals surface area contributed by atoms with Gasteiger partial charge in [0.25, 0.3) is 0 Å². The van der Waals surface area contributed by atoms with Gasteiger partial charge in [-0.05, 0) is 49.6 Å². The van der Waals surface area contributed by atoms with Crippen molar-refractivity contribution in [2.45, 2.75) is 39.7 Å². The van der Waals surface area contributed by atoms with Gasteiger partial charge in [-0.1, -0.05) is 44.2 Å². The maximum absolute atomic E-state index is 12.1. The van der Waals surface area contributed by atoms with Crippen molar-refractivity contribution in [1.82, 2.24) is 5.32 Å². The third-order valence-corrected chi connectivity index (χ3v) is 4.02. The van der Waals surface area contributed by atoms with Crippen molar-refractivity contribution in [3.8, 4) is 0 Å². The zero-order valence-corrected chi connectivity index (χ0v) is 15.6. The summed E-state index contributed by atoms with van der Waals surface area (Å²) in [6.07, 6.45) is 1.80. The molecule has 26 heavy (non-hydrogen) atoms. The highest BCUT2D eigenvalue weighted by Crippen LogP contribution is 2.14. The number of anilines is 2. The van der Waals surface area contributed by atoms with Crippen LogP contribution in [0.15, 0.2) is 54.6 Å². The SMILES string of the molecule is CC(CCc1ccccc1)NC(=O)Nc1ccc(NC(=O)C(C)C)cc1. The van der Waals surface area contributed by atoms with Crippen LogP contribution >= 0.6 is 0 Å². The molecule has 138 valence electrons. The fourth-order valence-electron chi connectivity index (χ4n) is 2.41. The highest BCUT2D eigenvalue weighted by molar-refractivity contribution is 5.93. The van der Waals surface area contributed by atoms with Gasteiger partial charge in [0.05, 0.1) is 0 Å². The first-order valence-corrected chi connectivity index (χ1v) is 8.96. The molecule has 2 aromatic carbocycles. The van der Waals surface area contributed by atoms with Crippen LogP contribution in [0.1, 0.15) is 32.8 Å². The molecule has 5 nitrogen and oxygen atoms in total. The zero-order valence-electron chi connectivity index (χ0n) is 15.6. The van der Waals surface area contributed by atoms with Gasteiger partial charge >= 0.3 is 6.03 Å². The monoisotopic (exact) mass is 353 g/mol. The lowest BCUT2D eigenvalue weighted by molar-refractivity contribution is -0.118. The molecule has 0 aliphatic heterocycles. The molecule has 0 heterocycles. The second-order valence-corrected chi connectivity index (χ2v) is 6.75. The van der Waals surface area contributed by atoms with Crippen LogP contribution in [0, 0.1) is 5.92 Å². The number of amides is 3. The van der Waals surface area contributed by atoms with E-state index in [1.54, 1.807) is 24.3 Å². The third kappa shape index (κ3) is 6.59. The van der Waals surface area contributed by atoms with Gasteiger partial charge in [-0.25, -0.2) is 4.79 Å². The Morgan fingerprint density at radius 1 is 0.846 bits per heavy atom. The largest absolute Gasteiger partial charge is 0.335 e. The molecule has 1 unspecified atom stereocenters. The molecule has 3 N–H and O–H groups in total. The summed E-state index contributed by atoms with van der Waals surface area (Å²) < 4.78 is 0. The third-order valence-electron chi connectivity index (χ3n) is 4.02. The average Bonchev–Trinajstić information content (AvgIpc) is 2.62. The minimum absolute atomic E-state index is 0.0318. The van der Waals surface area contributed by atoms with E-state index in [0.29, 0.717) is 11.4 Å². The number of rotatable bonds is 7. The Morgan fingerprint density at radius 2 is 1.42 bits per heavy atom. The average molecular weight is 353 g/mol. The molecule has 0 aromatic heterocycles. The lowest BCUT2D eigenvalue weighted by atomic mass is 10.1. The molecule has 2 aromatic rings. The lowest BCUT2D eigenvalue weighted by Gasteiger charge is -2.15. The smallest absolute Gasteiger partial charge is 0.319 e. The number of benzene rings is 2. The van der Waals surface area contributed by atoms with Gasteiger partial charge < -0.3 is 16.0 Å². The van der Waals surface area contributed by atoms with Gasteiger partial charge in [-0.15, -0.1) is 0 Å². The summed E-state index contributed by atoms with van der Waals surface area (Å²) in [7, 11) is 0. The molecule has 0 fully saturated rings. The van der Waals surface area contributed by atoms with E-state index >= 15 is 0 Å². The summed E-state index contributed by atoms with van der Waals surface area (Å²) in [6, 6.07) is 17.1. The van der Waals surface area contributed by atoms with Crippen molar-refractivity contribution in [1.29, 1.82) is 0 Å². The Labute approximate surface area is 155 Å². The molecule has 0 aliphatic carbocycles. The van der Waals surface area contributed by atoms with E-state index in [1.165, 1.54) is 5.56 Å². The predicted molar refractivity (Wildman–Crippen MR) is 106 cm³/mol. The summed E-state index contributed by atoms with van der Waals surface area (Å²) in [5, 5.41) is 8.57. The molecular weight excluding hydrogens is 326 g/mol. The van der Waals surface area contributed by atoms with Crippen molar-refractivity contribution < 1.29 is 9.59 Å². The molecule has 0 radical (unpaired) electrons. The van der Waals surface area contributed by atoms with E-state index in [0.717, 1.165) is 12.8 Å². The molecule has 0 bridgehead atoms. The summed E-state index contributed by atoms with van der Waals surface area (Å²) in [5.41, 5.74) is 2.66. The van der Waals surface area contributed by atoms with Gasteiger partial charge in [0.2, 0.25) is 5.91 Å². The fourth-order valence-corrected chi connectivity index (χ4v) is 2.41. The Balaban J connectivity index is 1.77. The molecule has 0 saturated heterocycles. The van der Waals surface area contributed by atoms with E-state index in [-0.39, 0.29) is 23.9 Å². The number of urea groups is 1. The first kappa shape index (κ1) is 19.5. The fraction of sp³-hybridized carbons (Fsp3) is 0.333. The molecule has 5 heteroatoms. The molecule has 0 spiro atoms. The standard InChI is InChI=1S/C21H27N3O2/c1-15(2)20(25)23-18-11-13-19(14-12-18)24-21(26)22-16(3)9-10-17-7-5-4-6-8-17/h4-8,11-16H,9-10H2,1-3H3,(H,23,25)(H2,22,24,26). The minimum Gasteiger partial charge on any atom is -0.335 e. The van der Waals surface area contributed by atoms with Crippen molar-refractivity contribution in [2.24, 2.45) is 5.92 Å². The highest BCUT2D eigenvalue weighted by Gasteiger charge is 2.09. The zero-order chi connectivity index (χ0) is 18.9. The molecule has 0 saturated carbocycles. The van der Waals surface area contributed by atoms with Crippen LogP contribution in [0.25, 0.3) is 0 Å². The predicted octanol–water partition coefficient (Wildman–Crippen LogP) is 4.42. The first-order chi connectivity index (χ1) is 12.4. The summed E-state index contributed by atoms with van der Waals surface area (Å²) in [6.45, 7) is 5.68. The lowest BCUT2D eigenvalue weighted by Crippen LogP contribution is -2.36. The Hall–Kier alpha value is -2.82. The van der Waals surface area contributed by atoms with Crippen molar-refractivity contribution in [3.05, 3.63) is 60.2 Å². The molecule has 3 amide bonds. The summed E-state index contributed by atoms with van der Waals surface area (Å²) in [5.74, 6) is -0.105. The minimum atomic E-state index is -0.232. The number of aryl methyl sites for hydroxylation is 1. The number of hydrogen-bond acceptors (Lipinski definition) is 2. The van der Waals surface area contributed by atoms with E-state index in [4.69, 9.17) is 0 Å². The maximum Gasteiger partial charge on any atom is 0.319 e. The topological polar surface area (TPSA) is 70.2 Å². The Morgan fingerprint density at radius 3 is 2.00 bits per heavy atom. The molecule has 0 aliphatic rings. The molecular formula is C21H27N3O2. The van der Waals surface area contributed by atoms with Crippen LogP contribution in [0.2, 0.25) is 0 Å². The molecule has 1 atom stereocenters. The van der Waals surface area contributed by atoms with Crippen LogP contribution in [0.5, 0.6) is 0 Å². The second kappa shape index (κ2) is 9.61. The Bertz CT molecular complexity index is 712. The number of carbonyl (C=O) groups excluding carboxylic acids is 2. The number of hydrogen-bond donors (Lipinski definition) is 3. The van der Waals surface area contributed by atoms with E-state index in [1.807, 2.05) is 39.0 Å². The van der Waals surface area contributed by atoms with Crippen molar-refractivity contribution in [3.63, 3.8) is 0 Å². The van der Waals surface area contributed by atoms with Gasteiger partial charge in [0.15, 0.2) is 0 Å². The van der Waals surface area contributed by atoms with Crippen molar-refractivity contribution >= 4 is 23.3 Å². The van der Waals surface area contributed by atoms with Gasteiger partial charge in [0, 0.05) is 23.3 Å². The van der Waals surface area contributed by atoms with E-state index < -0.39 is 0 Å². The maximum atomic E-state index is 12.1. The summed E-state index contributed by atoms with van der Waals surface area (Å²) >= 11 is 0. The van der Waals surface area contributed by atoms with Crippen LogP contribution in [0.3, 0.4) is 0 Å². The van der Waals surface area contributed by atoms with Crippen LogP contribution in [-0.2, 0) is 11.2 Å². The molecule has 2 rings (SSSR count). The van der Waals surface area contributed by atoms with Crippen molar-refractivity contribution in [2.75, 3.05) is 10.6 Å². The number of carbonyl (C=O) groups is 2. The normalized spacial score (nSPS) is 11.7. The van der Waals surface area contributed by atoms with Gasteiger partial charge in [0.1, 0.15) is 0 Å². The van der Waals surface area contributed by atoms with Gasteiger partial charge in [-0.2, -0.15) is 0 Å². The Kier molecular flexibility index (Phi) is 7.21. The van der Waals surface area contributed by atoms with Crippen LogP contribution in [0.4, 0.5) is 16.2 Å². The highest BCUT2D eigenvalue weighted by atomic mass is 16.2. The van der Waals surface area contributed by atoms with Crippen LogP contribution < -0.4 is 16.0 Å². The quantitative estimate of drug-likeness (QED) is 0.689. The van der Waals surface area contributed by atoms with E-state index in [2.05, 4.69) is 28.1 Å².